The fourth-order valence-corrected chi connectivity index (χ4v) is 2.49. The van der Waals surface area contributed by atoms with Crippen LogP contribution in [0.2, 0.25) is 0 Å². The van der Waals surface area contributed by atoms with E-state index >= 15 is 0 Å². The molecule has 94 valence electrons. The SMILES string of the molecule is Cc1cc(O)c(C(=O)C(C)c2cccs2)c(=O)o1. The Morgan fingerprint density at radius 3 is 2.78 bits per heavy atom. The maximum Gasteiger partial charge on any atom is 0.350 e. The molecule has 2 aromatic rings. The number of Topliss-reactive ketones (excluding diaryl/α,β-unsaturated/α-hetero) is 1. The van der Waals surface area contributed by atoms with E-state index in [0.717, 1.165) is 4.88 Å². The smallest absolute Gasteiger partial charge is 0.350 e. The summed E-state index contributed by atoms with van der Waals surface area (Å²) in [6.45, 7) is 3.24. The van der Waals surface area contributed by atoms with Crippen LogP contribution in [-0.4, -0.2) is 10.9 Å². The Labute approximate surface area is 108 Å². The molecule has 0 radical (unpaired) electrons. The lowest BCUT2D eigenvalue weighted by Gasteiger charge is -2.08. The van der Waals surface area contributed by atoms with Crippen molar-refractivity contribution in [1.29, 1.82) is 0 Å². The molecule has 0 aliphatic carbocycles. The highest BCUT2D eigenvalue weighted by Gasteiger charge is 2.25. The minimum Gasteiger partial charge on any atom is -0.507 e. The summed E-state index contributed by atoms with van der Waals surface area (Å²) in [5, 5.41) is 11.6. The highest BCUT2D eigenvalue weighted by atomic mass is 32.1. The van der Waals surface area contributed by atoms with Crippen LogP contribution in [0.15, 0.2) is 32.8 Å². The van der Waals surface area contributed by atoms with E-state index in [4.69, 9.17) is 4.42 Å². The molecular weight excluding hydrogens is 252 g/mol. The van der Waals surface area contributed by atoms with Crippen molar-refractivity contribution in [2.24, 2.45) is 0 Å². The van der Waals surface area contributed by atoms with Crippen molar-refractivity contribution in [2.75, 3.05) is 0 Å². The largest absolute Gasteiger partial charge is 0.507 e. The first-order chi connectivity index (χ1) is 8.50. The van der Waals surface area contributed by atoms with Gasteiger partial charge in [-0.05, 0) is 18.4 Å². The Morgan fingerprint density at radius 1 is 1.50 bits per heavy atom. The summed E-state index contributed by atoms with van der Waals surface area (Å²) < 4.78 is 4.84. The summed E-state index contributed by atoms with van der Waals surface area (Å²) in [6, 6.07) is 4.93. The molecule has 0 aliphatic heterocycles. The Morgan fingerprint density at radius 2 is 2.22 bits per heavy atom. The number of thiophene rings is 1. The van der Waals surface area contributed by atoms with Gasteiger partial charge >= 0.3 is 5.63 Å². The van der Waals surface area contributed by atoms with Crippen LogP contribution in [-0.2, 0) is 0 Å². The first kappa shape index (κ1) is 12.6. The van der Waals surface area contributed by atoms with Gasteiger partial charge < -0.3 is 9.52 Å². The number of carbonyl (C=O) groups is 1. The summed E-state index contributed by atoms with van der Waals surface area (Å²) in [5.41, 5.74) is -1.07. The van der Waals surface area contributed by atoms with Crippen LogP contribution >= 0.6 is 11.3 Å². The molecule has 5 heteroatoms. The summed E-state index contributed by atoms with van der Waals surface area (Å²) in [5.74, 6) is -0.944. The molecule has 0 saturated carbocycles. The Bertz CT molecular complexity index is 625. The highest BCUT2D eigenvalue weighted by molar-refractivity contribution is 7.10. The molecular formula is C13H12O4S. The van der Waals surface area contributed by atoms with E-state index < -0.39 is 17.3 Å². The molecule has 0 aromatic carbocycles. The van der Waals surface area contributed by atoms with Crippen molar-refractivity contribution >= 4 is 17.1 Å². The zero-order valence-electron chi connectivity index (χ0n) is 9.97. The van der Waals surface area contributed by atoms with Gasteiger partial charge in [0.2, 0.25) is 0 Å². The van der Waals surface area contributed by atoms with Gasteiger partial charge in [0.15, 0.2) is 5.78 Å². The number of rotatable bonds is 3. The standard InChI is InChI=1S/C13H12O4S/c1-7-6-9(14)11(13(16)17-7)12(15)8(2)10-4-3-5-18-10/h3-6,8,14H,1-2H3. The zero-order valence-corrected chi connectivity index (χ0v) is 10.8. The first-order valence-electron chi connectivity index (χ1n) is 5.42. The molecule has 0 aliphatic rings. The molecule has 0 amide bonds. The molecule has 1 N–H and O–H groups in total. The second kappa shape index (κ2) is 4.78. The lowest BCUT2D eigenvalue weighted by atomic mass is 9.98. The van der Waals surface area contributed by atoms with Crippen molar-refractivity contribution < 1.29 is 14.3 Å². The molecule has 2 heterocycles. The van der Waals surface area contributed by atoms with Gasteiger partial charge in [0.05, 0.1) is 5.92 Å². The number of carbonyl (C=O) groups excluding carboxylic acids is 1. The average Bonchev–Trinajstić information content (AvgIpc) is 2.79. The third-order valence-corrected chi connectivity index (χ3v) is 3.72. The molecule has 0 spiro atoms. The average molecular weight is 264 g/mol. The minimum atomic E-state index is -0.791. The maximum absolute atomic E-state index is 12.2. The Balaban J connectivity index is 2.44. The quantitative estimate of drug-likeness (QED) is 0.865. The van der Waals surface area contributed by atoms with Crippen LogP contribution in [0.3, 0.4) is 0 Å². The van der Waals surface area contributed by atoms with Gasteiger partial charge in [-0.3, -0.25) is 4.79 Å². The summed E-state index contributed by atoms with van der Waals surface area (Å²) >= 11 is 1.43. The number of hydrogen-bond donors (Lipinski definition) is 1. The van der Waals surface area contributed by atoms with Gasteiger partial charge in [-0.1, -0.05) is 13.0 Å². The molecule has 2 rings (SSSR count). The van der Waals surface area contributed by atoms with Crippen LogP contribution in [0.5, 0.6) is 5.75 Å². The van der Waals surface area contributed by atoms with E-state index in [1.807, 2.05) is 17.5 Å². The van der Waals surface area contributed by atoms with Crippen LogP contribution in [0.4, 0.5) is 0 Å². The molecule has 2 aromatic heterocycles. The Kier molecular flexibility index (Phi) is 3.34. The highest BCUT2D eigenvalue weighted by Crippen LogP contribution is 2.26. The number of aryl methyl sites for hydroxylation is 1. The Hall–Kier alpha value is -1.88. The van der Waals surface area contributed by atoms with E-state index in [9.17, 15) is 14.7 Å². The zero-order chi connectivity index (χ0) is 13.3. The van der Waals surface area contributed by atoms with E-state index in [1.54, 1.807) is 6.92 Å². The topological polar surface area (TPSA) is 67.5 Å². The lowest BCUT2D eigenvalue weighted by Crippen LogP contribution is -2.18. The predicted octanol–water partition coefficient (Wildman–Crippen LogP) is 2.70. The molecule has 18 heavy (non-hydrogen) atoms. The van der Waals surface area contributed by atoms with E-state index in [-0.39, 0.29) is 17.1 Å². The van der Waals surface area contributed by atoms with E-state index in [1.165, 1.54) is 24.3 Å². The molecule has 1 atom stereocenters. The van der Waals surface area contributed by atoms with Gasteiger partial charge in [0, 0.05) is 10.9 Å². The molecule has 0 saturated heterocycles. The van der Waals surface area contributed by atoms with Crippen molar-refractivity contribution in [2.45, 2.75) is 19.8 Å². The van der Waals surface area contributed by atoms with Crippen LogP contribution in [0.1, 0.15) is 33.8 Å². The van der Waals surface area contributed by atoms with Crippen LogP contribution in [0.25, 0.3) is 0 Å². The van der Waals surface area contributed by atoms with E-state index in [0.29, 0.717) is 0 Å². The molecule has 4 nitrogen and oxygen atoms in total. The number of hydrogen-bond acceptors (Lipinski definition) is 5. The normalized spacial score (nSPS) is 12.3. The van der Waals surface area contributed by atoms with E-state index in [2.05, 4.69) is 0 Å². The predicted molar refractivity (Wildman–Crippen MR) is 68.4 cm³/mol. The summed E-state index contributed by atoms with van der Waals surface area (Å²) in [4.78, 5) is 24.7. The van der Waals surface area contributed by atoms with Crippen molar-refractivity contribution in [3.05, 3.63) is 50.2 Å². The molecule has 1 unspecified atom stereocenters. The third kappa shape index (κ3) is 2.22. The second-order valence-electron chi connectivity index (χ2n) is 4.01. The van der Waals surface area contributed by atoms with Crippen molar-refractivity contribution in [3.63, 3.8) is 0 Å². The fourth-order valence-electron chi connectivity index (χ4n) is 1.71. The van der Waals surface area contributed by atoms with Gasteiger partial charge in [-0.2, -0.15) is 0 Å². The maximum atomic E-state index is 12.2. The lowest BCUT2D eigenvalue weighted by molar-refractivity contribution is 0.0960. The van der Waals surface area contributed by atoms with Gasteiger partial charge in [0.1, 0.15) is 17.1 Å². The molecule has 0 fully saturated rings. The second-order valence-corrected chi connectivity index (χ2v) is 4.99. The van der Waals surface area contributed by atoms with Crippen LogP contribution in [0, 0.1) is 6.92 Å². The molecule has 0 bridgehead atoms. The van der Waals surface area contributed by atoms with Crippen LogP contribution < -0.4 is 5.63 Å². The summed E-state index contributed by atoms with van der Waals surface area (Å²) in [7, 11) is 0. The minimum absolute atomic E-state index is 0.276. The number of aromatic hydroxyl groups is 1. The van der Waals surface area contributed by atoms with Gasteiger partial charge in [0.25, 0.3) is 0 Å². The fraction of sp³-hybridized carbons (Fsp3) is 0.231. The van der Waals surface area contributed by atoms with Crippen molar-refractivity contribution in [1.82, 2.24) is 0 Å². The first-order valence-corrected chi connectivity index (χ1v) is 6.30. The van der Waals surface area contributed by atoms with Gasteiger partial charge in [-0.15, -0.1) is 11.3 Å². The van der Waals surface area contributed by atoms with Gasteiger partial charge in [-0.25, -0.2) is 4.79 Å². The third-order valence-electron chi connectivity index (χ3n) is 2.66. The number of ketones is 1. The summed E-state index contributed by atoms with van der Waals surface area (Å²) in [6.07, 6.45) is 0. The van der Waals surface area contributed by atoms with Crippen molar-refractivity contribution in [3.8, 4) is 5.75 Å². The monoisotopic (exact) mass is 264 g/mol.